The monoisotopic (exact) mass is 341 g/mol. The van der Waals surface area contributed by atoms with Gasteiger partial charge in [0.2, 0.25) is 5.65 Å². The Kier molecular flexibility index (Phi) is 5.45. The summed E-state index contributed by atoms with van der Waals surface area (Å²) in [5, 5.41) is 16.1. The highest BCUT2D eigenvalue weighted by Gasteiger charge is 2.10. The summed E-state index contributed by atoms with van der Waals surface area (Å²) in [6.07, 6.45) is 1.62. The van der Waals surface area contributed by atoms with Crippen LogP contribution in [0.2, 0.25) is 0 Å². The molecule has 7 nitrogen and oxygen atoms in total. The predicted molar refractivity (Wildman–Crippen MR) is 96.0 cm³/mol. The van der Waals surface area contributed by atoms with E-state index in [9.17, 15) is 0 Å². The van der Waals surface area contributed by atoms with Crippen LogP contribution in [0.4, 0.5) is 5.69 Å². The zero-order valence-corrected chi connectivity index (χ0v) is 14.8. The van der Waals surface area contributed by atoms with Crippen LogP contribution >= 0.6 is 0 Å². The van der Waals surface area contributed by atoms with Crippen molar-refractivity contribution in [3.8, 4) is 5.75 Å². The van der Waals surface area contributed by atoms with E-state index in [-0.39, 0.29) is 0 Å². The number of hydrogen-bond donors (Lipinski definition) is 1. The standard InChI is InChI=1S/C18H23N5O2/c1-13(2)16-10-17(18-21-20-12-23(18)22-16)19-11-14-5-4-6-15(9-14)25-8-7-24-3/h4-6,9-10,12-13,19H,7-8,11H2,1-3H3. The molecule has 0 unspecified atom stereocenters. The van der Waals surface area contributed by atoms with Gasteiger partial charge < -0.3 is 14.8 Å². The van der Waals surface area contributed by atoms with Crippen LogP contribution in [0.1, 0.15) is 31.0 Å². The van der Waals surface area contributed by atoms with Gasteiger partial charge in [-0.15, -0.1) is 10.2 Å². The van der Waals surface area contributed by atoms with Crippen molar-refractivity contribution >= 4 is 11.3 Å². The van der Waals surface area contributed by atoms with E-state index in [0.717, 1.165) is 28.3 Å². The maximum Gasteiger partial charge on any atom is 0.200 e. The summed E-state index contributed by atoms with van der Waals surface area (Å²) in [4.78, 5) is 0. The minimum absolute atomic E-state index is 0.324. The third kappa shape index (κ3) is 4.24. The number of methoxy groups -OCH3 is 1. The van der Waals surface area contributed by atoms with Crippen molar-refractivity contribution in [2.75, 3.05) is 25.6 Å². The molecule has 0 radical (unpaired) electrons. The molecule has 0 aliphatic rings. The van der Waals surface area contributed by atoms with E-state index < -0.39 is 0 Å². The maximum absolute atomic E-state index is 5.66. The Balaban J connectivity index is 1.74. The van der Waals surface area contributed by atoms with Gasteiger partial charge in [0.05, 0.1) is 18.0 Å². The molecule has 1 aromatic carbocycles. The van der Waals surface area contributed by atoms with Gasteiger partial charge >= 0.3 is 0 Å². The Hall–Kier alpha value is -2.67. The number of aromatic nitrogens is 4. The fourth-order valence-electron chi connectivity index (χ4n) is 2.44. The van der Waals surface area contributed by atoms with Crippen molar-refractivity contribution in [2.45, 2.75) is 26.3 Å². The first kappa shape index (κ1) is 17.2. The lowest BCUT2D eigenvalue weighted by Gasteiger charge is -2.12. The van der Waals surface area contributed by atoms with Gasteiger partial charge in [-0.25, -0.2) is 0 Å². The molecule has 3 rings (SSSR count). The molecule has 0 saturated carbocycles. The van der Waals surface area contributed by atoms with E-state index in [4.69, 9.17) is 9.47 Å². The molecule has 1 N–H and O–H groups in total. The van der Waals surface area contributed by atoms with E-state index in [0.29, 0.717) is 25.7 Å². The molecular formula is C18H23N5O2. The Morgan fingerprint density at radius 3 is 2.88 bits per heavy atom. The van der Waals surface area contributed by atoms with Crippen molar-refractivity contribution in [2.24, 2.45) is 0 Å². The first-order valence-corrected chi connectivity index (χ1v) is 8.33. The number of fused-ring (bicyclic) bond motifs is 1. The van der Waals surface area contributed by atoms with Gasteiger partial charge in [0.15, 0.2) is 0 Å². The van der Waals surface area contributed by atoms with Crippen molar-refractivity contribution in [3.05, 3.63) is 47.9 Å². The Bertz CT molecular complexity index is 831. The quantitative estimate of drug-likeness (QED) is 0.635. The van der Waals surface area contributed by atoms with Crippen LogP contribution < -0.4 is 10.1 Å². The fraction of sp³-hybridized carbons (Fsp3) is 0.389. The molecule has 3 aromatic rings. The molecule has 0 atom stereocenters. The normalized spacial score (nSPS) is 11.2. The summed E-state index contributed by atoms with van der Waals surface area (Å²) in [6.45, 7) is 6.00. The van der Waals surface area contributed by atoms with E-state index in [1.807, 2.05) is 24.3 Å². The van der Waals surface area contributed by atoms with Gasteiger partial charge in [-0.2, -0.15) is 9.61 Å². The highest BCUT2D eigenvalue weighted by atomic mass is 16.5. The minimum Gasteiger partial charge on any atom is -0.491 e. The molecule has 0 amide bonds. The topological polar surface area (TPSA) is 73.6 Å². The lowest BCUT2D eigenvalue weighted by molar-refractivity contribution is 0.146. The maximum atomic E-state index is 5.66. The van der Waals surface area contributed by atoms with Crippen LogP contribution in [0.25, 0.3) is 5.65 Å². The summed E-state index contributed by atoms with van der Waals surface area (Å²) >= 11 is 0. The molecule has 0 saturated heterocycles. The van der Waals surface area contributed by atoms with Crippen LogP contribution in [-0.2, 0) is 11.3 Å². The SMILES string of the molecule is COCCOc1cccc(CNc2cc(C(C)C)nn3cnnc23)c1. The second-order valence-corrected chi connectivity index (χ2v) is 6.08. The van der Waals surface area contributed by atoms with Crippen molar-refractivity contribution in [1.82, 2.24) is 19.8 Å². The number of benzene rings is 1. The van der Waals surface area contributed by atoms with Crippen molar-refractivity contribution < 1.29 is 9.47 Å². The first-order valence-electron chi connectivity index (χ1n) is 8.33. The Morgan fingerprint density at radius 2 is 2.08 bits per heavy atom. The van der Waals surface area contributed by atoms with Crippen LogP contribution in [0.15, 0.2) is 36.7 Å². The third-order valence-corrected chi connectivity index (χ3v) is 3.82. The molecule has 0 aliphatic heterocycles. The van der Waals surface area contributed by atoms with Gasteiger partial charge in [-0.1, -0.05) is 26.0 Å². The van der Waals surface area contributed by atoms with Crippen LogP contribution in [-0.4, -0.2) is 40.1 Å². The van der Waals surface area contributed by atoms with E-state index in [1.165, 1.54) is 0 Å². The van der Waals surface area contributed by atoms with Gasteiger partial charge in [-0.3, -0.25) is 0 Å². The van der Waals surface area contributed by atoms with Crippen LogP contribution in [0, 0.1) is 0 Å². The number of hydrogen-bond acceptors (Lipinski definition) is 6. The molecule has 132 valence electrons. The Labute approximate surface area is 147 Å². The highest BCUT2D eigenvalue weighted by Crippen LogP contribution is 2.21. The van der Waals surface area contributed by atoms with E-state index in [2.05, 4.69) is 40.5 Å². The molecule has 0 spiro atoms. The minimum atomic E-state index is 0.324. The third-order valence-electron chi connectivity index (χ3n) is 3.82. The van der Waals surface area contributed by atoms with Crippen LogP contribution in [0.5, 0.6) is 5.75 Å². The smallest absolute Gasteiger partial charge is 0.200 e. The zero-order chi connectivity index (χ0) is 17.6. The van der Waals surface area contributed by atoms with Crippen LogP contribution in [0.3, 0.4) is 0 Å². The molecule has 0 aliphatic carbocycles. The number of ether oxygens (including phenoxy) is 2. The molecule has 2 aromatic heterocycles. The van der Waals surface area contributed by atoms with Crippen molar-refractivity contribution in [3.63, 3.8) is 0 Å². The summed E-state index contributed by atoms with van der Waals surface area (Å²) in [5.74, 6) is 1.16. The number of rotatable bonds is 8. The second kappa shape index (κ2) is 7.94. The Morgan fingerprint density at radius 1 is 1.20 bits per heavy atom. The number of nitrogens with one attached hydrogen (secondary N) is 1. The number of nitrogens with zero attached hydrogens (tertiary/aromatic N) is 4. The van der Waals surface area contributed by atoms with E-state index in [1.54, 1.807) is 18.0 Å². The summed E-state index contributed by atoms with van der Waals surface area (Å²) in [7, 11) is 1.66. The van der Waals surface area contributed by atoms with Gasteiger partial charge in [0, 0.05) is 13.7 Å². The molecule has 25 heavy (non-hydrogen) atoms. The largest absolute Gasteiger partial charge is 0.491 e. The van der Waals surface area contributed by atoms with Gasteiger partial charge in [0.1, 0.15) is 18.7 Å². The summed E-state index contributed by atoms with van der Waals surface area (Å²) in [6, 6.07) is 10.0. The summed E-state index contributed by atoms with van der Waals surface area (Å²) < 4.78 is 12.4. The molecular weight excluding hydrogens is 318 g/mol. The number of anilines is 1. The highest BCUT2D eigenvalue weighted by molar-refractivity contribution is 5.66. The molecule has 0 fully saturated rings. The first-order chi connectivity index (χ1) is 12.2. The molecule has 7 heteroatoms. The van der Waals surface area contributed by atoms with E-state index >= 15 is 0 Å². The van der Waals surface area contributed by atoms with Crippen molar-refractivity contribution in [1.29, 1.82) is 0 Å². The molecule has 2 heterocycles. The fourth-order valence-corrected chi connectivity index (χ4v) is 2.44. The van der Waals surface area contributed by atoms with Gasteiger partial charge in [-0.05, 0) is 29.7 Å². The molecule has 0 bridgehead atoms. The second-order valence-electron chi connectivity index (χ2n) is 6.08. The average Bonchev–Trinajstić information content (AvgIpc) is 3.09. The lowest BCUT2D eigenvalue weighted by Crippen LogP contribution is -2.07. The zero-order valence-electron chi connectivity index (χ0n) is 14.8. The average molecular weight is 341 g/mol. The van der Waals surface area contributed by atoms with Gasteiger partial charge in [0.25, 0.3) is 0 Å². The predicted octanol–water partition coefficient (Wildman–Crippen LogP) is 2.89. The summed E-state index contributed by atoms with van der Waals surface area (Å²) in [5.41, 5.74) is 3.75. The lowest BCUT2D eigenvalue weighted by atomic mass is 10.1.